The van der Waals surface area contributed by atoms with Crippen molar-refractivity contribution in [1.82, 2.24) is 5.32 Å². The predicted molar refractivity (Wildman–Crippen MR) is 72.2 cm³/mol. The molecular formula is C15H14FNO3. The number of carbonyl (C=O) groups is 1. The molecule has 4 nitrogen and oxygen atoms in total. The summed E-state index contributed by atoms with van der Waals surface area (Å²) in [5, 5.41) is 12.3. The summed E-state index contributed by atoms with van der Waals surface area (Å²) in [7, 11) is 1.43. The molecule has 0 aliphatic heterocycles. The number of hydrogen-bond acceptors (Lipinski definition) is 3. The molecule has 0 unspecified atom stereocenters. The number of carbonyl (C=O) groups excluding carboxylic acids is 1. The van der Waals surface area contributed by atoms with Crippen molar-refractivity contribution in [3.05, 3.63) is 59.4 Å². The van der Waals surface area contributed by atoms with E-state index in [4.69, 9.17) is 4.74 Å². The Morgan fingerprint density at radius 1 is 1.30 bits per heavy atom. The van der Waals surface area contributed by atoms with Crippen LogP contribution in [0.2, 0.25) is 0 Å². The van der Waals surface area contributed by atoms with E-state index < -0.39 is 0 Å². The Labute approximate surface area is 115 Å². The normalized spacial score (nSPS) is 10.1. The zero-order valence-electron chi connectivity index (χ0n) is 10.9. The van der Waals surface area contributed by atoms with Crippen molar-refractivity contribution in [3.63, 3.8) is 0 Å². The van der Waals surface area contributed by atoms with Crippen LogP contribution in [0, 0.1) is 5.82 Å². The van der Waals surface area contributed by atoms with Crippen LogP contribution in [0.1, 0.15) is 15.9 Å². The van der Waals surface area contributed by atoms with Crippen molar-refractivity contribution in [2.45, 2.75) is 6.54 Å². The Balaban J connectivity index is 2.03. The molecule has 0 aliphatic carbocycles. The first-order valence-corrected chi connectivity index (χ1v) is 6.00. The van der Waals surface area contributed by atoms with Crippen molar-refractivity contribution in [3.8, 4) is 11.5 Å². The molecule has 2 rings (SSSR count). The molecule has 20 heavy (non-hydrogen) atoms. The van der Waals surface area contributed by atoms with Gasteiger partial charge in [0.25, 0.3) is 5.91 Å². The van der Waals surface area contributed by atoms with Gasteiger partial charge in [-0.1, -0.05) is 12.1 Å². The molecule has 0 saturated carbocycles. The number of rotatable bonds is 4. The van der Waals surface area contributed by atoms with Crippen LogP contribution < -0.4 is 10.1 Å². The third-order valence-corrected chi connectivity index (χ3v) is 2.78. The lowest BCUT2D eigenvalue weighted by molar-refractivity contribution is 0.0950. The summed E-state index contributed by atoms with van der Waals surface area (Å²) in [6.45, 7) is 0.212. The summed E-state index contributed by atoms with van der Waals surface area (Å²) in [6, 6.07) is 10.4. The molecule has 0 fully saturated rings. The molecule has 5 heteroatoms. The highest BCUT2D eigenvalue weighted by molar-refractivity contribution is 5.94. The summed E-state index contributed by atoms with van der Waals surface area (Å²) in [5.41, 5.74) is 0.968. The van der Waals surface area contributed by atoms with Gasteiger partial charge < -0.3 is 15.2 Å². The molecule has 0 radical (unpaired) electrons. The quantitative estimate of drug-likeness (QED) is 0.901. The van der Waals surface area contributed by atoms with E-state index in [9.17, 15) is 14.3 Å². The molecule has 104 valence electrons. The Bertz CT molecular complexity index is 628. The van der Waals surface area contributed by atoms with E-state index in [-0.39, 0.29) is 24.0 Å². The Morgan fingerprint density at radius 2 is 2.10 bits per heavy atom. The molecule has 2 aromatic carbocycles. The zero-order chi connectivity index (χ0) is 14.5. The second-order valence-corrected chi connectivity index (χ2v) is 4.20. The van der Waals surface area contributed by atoms with Gasteiger partial charge >= 0.3 is 0 Å². The summed E-state index contributed by atoms with van der Waals surface area (Å²) < 4.78 is 17.9. The number of methoxy groups -OCH3 is 1. The lowest BCUT2D eigenvalue weighted by Crippen LogP contribution is -2.22. The maximum absolute atomic E-state index is 13.0. The van der Waals surface area contributed by atoms with Crippen LogP contribution in [-0.4, -0.2) is 18.1 Å². The molecule has 0 atom stereocenters. The number of phenols is 1. The molecule has 0 saturated heterocycles. The molecule has 0 bridgehead atoms. The summed E-state index contributed by atoms with van der Waals surface area (Å²) >= 11 is 0. The third-order valence-electron chi connectivity index (χ3n) is 2.78. The van der Waals surface area contributed by atoms with Crippen molar-refractivity contribution < 1.29 is 19.0 Å². The van der Waals surface area contributed by atoms with E-state index in [2.05, 4.69) is 5.32 Å². The fraction of sp³-hybridized carbons (Fsp3) is 0.133. The molecule has 0 spiro atoms. The number of hydrogen-bond donors (Lipinski definition) is 2. The van der Waals surface area contributed by atoms with Gasteiger partial charge in [0.05, 0.1) is 7.11 Å². The average Bonchev–Trinajstić information content (AvgIpc) is 2.44. The molecule has 0 aromatic heterocycles. The molecule has 2 aromatic rings. The Hall–Kier alpha value is -2.56. The van der Waals surface area contributed by atoms with Crippen molar-refractivity contribution in [1.29, 1.82) is 0 Å². The van der Waals surface area contributed by atoms with Gasteiger partial charge in [-0.2, -0.15) is 0 Å². The van der Waals surface area contributed by atoms with E-state index in [1.165, 1.54) is 31.4 Å². The van der Waals surface area contributed by atoms with E-state index in [1.807, 2.05) is 0 Å². The highest BCUT2D eigenvalue weighted by Crippen LogP contribution is 2.26. The van der Waals surface area contributed by atoms with Gasteiger partial charge in [0.1, 0.15) is 5.82 Å². The summed E-state index contributed by atoms with van der Waals surface area (Å²) in [5.74, 6) is -0.511. The van der Waals surface area contributed by atoms with Gasteiger partial charge in [-0.25, -0.2) is 4.39 Å². The van der Waals surface area contributed by atoms with E-state index in [0.717, 1.165) is 0 Å². The largest absolute Gasteiger partial charge is 0.504 e. The first-order chi connectivity index (χ1) is 9.60. The SMILES string of the molecule is COc1ccc(C(=O)NCc2cccc(F)c2)cc1O. The molecule has 0 heterocycles. The van der Waals surface area contributed by atoms with Crippen molar-refractivity contribution in [2.24, 2.45) is 0 Å². The number of phenolic OH excluding ortho intramolecular Hbond substituents is 1. The van der Waals surface area contributed by atoms with Crippen molar-refractivity contribution in [2.75, 3.05) is 7.11 Å². The van der Waals surface area contributed by atoms with E-state index in [0.29, 0.717) is 16.9 Å². The van der Waals surface area contributed by atoms with Crippen LogP contribution in [0.3, 0.4) is 0 Å². The number of nitrogens with one attached hydrogen (secondary N) is 1. The van der Waals surface area contributed by atoms with Crippen LogP contribution in [0.5, 0.6) is 11.5 Å². The fourth-order valence-corrected chi connectivity index (χ4v) is 1.76. The summed E-state index contributed by atoms with van der Waals surface area (Å²) in [4.78, 5) is 11.9. The standard InChI is InChI=1S/C15H14FNO3/c1-20-14-6-5-11(8-13(14)18)15(19)17-9-10-3-2-4-12(16)7-10/h2-8,18H,9H2,1H3,(H,17,19). The smallest absolute Gasteiger partial charge is 0.251 e. The van der Waals surface area contributed by atoms with Gasteiger partial charge in [0.2, 0.25) is 0 Å². The number of amides is 1. The van der Waals surface area contributed by atoms with E-state index in [1.54, 1.807) is 18.2 Å². The maximum atomic E-state index is 13.0. The third kappa shape index (κ3) is 3.26. The highest BCUT2D eigenvalue weighted by atomic mass is 19.1. The Kier molecular flexibility index (Phi) is 4.20. The number of ether oxygens (including phenoxy) is 1. The van der Waals surface area contributed by atoms with Crippen LogP contribution in [0.25, 0.3) is 0 Å². The zero-order valence-corrected chi connectivity index (χ0v) is 10.9. The van der Waals surface area contributed by atoms with Gasteiger partial charge in [0.15, 0.2) is 11.5 Å². The monoisotopic (exact) mass is 275 g/mol. The van der Waals surface area contributed by atoms with Crippen LogP contribution in [0.4, 0.5) is 4.39 Å². The Morgan fingerprint density at radius 3 is 2.75 bits per heavy atom. The molecular weight excluding hydrogens is 261 g/mol. The van der Waals surface area contributed by atoms with Crippen LogP contribution in [-0.2, 0) is 6.54 Å². The van der Waals surface area contributed by atoms with Gasteiger partial charge in [0, 0.05) is 12.1 Å². The highest BCUT2D eigenvalue weighted by Gasteiger charge is 2.09. The van der Waals surface area contributed by atoms with Crippen LogP contribution >= 0.6 is 0 Å². The first kappa shape index (κ1) is 13.9. The number of benzene rings is 2. The van der Waals surface area contributed by atoms with E-state index >= 15 is 0 Å². The van der Waals surface area contributed by atoms with Gasteiger partial charge in [-0.05, 0) is 35.9 Å². The van der Waals surface area contributed by atoms with Gasteiger partial charge in [-0.15, -0.1) is 0 Å². The predicted octanol–water partition coefficient (Wildman–Crippen LogP) is 2.47. The second-order valence-electron chi connectivity index (χ2n) is 4.20. The second kappa shape index (κ2) is 6.06. The summed E-state index contributed by atoms with van der Waals surface area (Å²) in [6.07, 6.45) is 0. The molecule has 2 N–H and O–H groups in total. The maximum Gasteiger partial charge on any atom is 0.251 e. The minimum Gasteiger partial charge on any atom is -0.504 e. The topological polar surface area (TPSA) is 58.6 Å². The van der Waals surface area contributed by atoms with Crippen molar-refractivity contribution >= 4 is 5.91 Å². The van der Waals surface area contributed by atoms with Crippen LogP contribution in [0.15, 0.2) is 42.5 Å². The van der Waals surface area contributed by atoms with Gasteiger partial charge in [-0.3, -0.25) is 4.79 Å². The number of halogens is 1. The average molecular weight is 275 g/mol. The molecule has 0 aliphatic rings. The first-order valence-electron chi connectivity index (χ1n) is 6.00. The minimum absolute atomic E-state index is 0.106. The fourth-order valence-electron chi connectivity index (χ4n) is 1.76. The lowest BCUT2D eigenvalue weighted by atomic mass is 10.1. The minimum atomic E-state index is -0.354. The lowest BCUT2D eigenvalue weighted by Gasteiger charge is -2.08. The number of aromatic hydroxyl groups is 1. The molecule has 1 amide bonds.